The van der Waals surface area contributed by atoms with Gasteiger partial charge in [0, 0.05) is 30.5 Å². The van der Waals surface area contributed by atoms with Gasteiger partial charge in [-0.05, 0) is 24.0 Å². The van der Waals surface area contributed by atoms with Crippen molar-refractivity contribution in [2.45, 2.75) is 33.2 Å². The van der Waals surface area contributed by atoms with Gasteiger partial charge < -0.3 is 11.1 Å². The number of nitrogens with one attached hydrogen (secondary N) is 1. The van der Waals surface area contributed by atoms with Crippen molar-refractivity contribution in [3.8, 4) is 0 Å². The zero-order valence-electron chi connectivity index (χ0n) is 10.7. The highest BCUT2D eigenvalue weighted by atomic mass is 16.1. The average Bonchev–Trinajstić information content (AvgIpc) is 2.25. The number of pyridine rings is 1. The maximum atomic E-state index is 11.7. The van der Waals surface area contributed by atoms with Crippen molar-refractivity contribution < 1.29 is 4.79 Å². The molecule has 0 saturated carbocycles. The molecule has 0 radical (unpaired) electrons. The van der Waals surface area contributed by atoms with Crippen LogP contribution in [-0.2, 0) is 0 Å². The van der Waals surface area contributed by atoms with Crippen LogP contribution in [0.2, 0.25) is 0 Å². The zero-order valence-corrected chi connectivity index (χ0v) is 10.7. The van der Waals surface area contributed by atoms with E-state index >= 15 is 0 Å². The molecule has 0 aliphatic rings. The van der Waals surface area contributed by atoms with E-state index in [0.29, 0.717) is 12.1 Å². The number of hydrogen-bond donors (Lipinski definition) is 2. The number of aromatic nitrogens is 1. The summed E-state index contributed by atoms with van der Waals surface area (Å²) < 4.78 is 0. The predicted octanol–water partition coefficient (Wildman–Crippen LogP) is 1.57. The van der Waals surface area contributed by atoms with Gasteiger partial charge in [0.15, 0.2) is 0 Å². The SMILES string of the molecule is CC(C)(C)CC(N)CNC(=O)c1ccncc1. The van der Waals surface area contributed by atoms with Crippen LogP contribution in [0.25, 0.3) is 0 Å². The van der Waals surface area contributed by atoms with Gasteiger partial charge in [0.2, 0.25) is 0 Å². The summed E-state index contributed by atoms with van der Waals surface area (Å²) in [6, 6.07) is 3.36. The summed E-state index contributed by atoms with van der Waals surface area (Å²) >= 11 is 0. The lowest BCUT2D eigenvalue weighted by Crippen LogP contribution is -2.39. The molecule has 0 aliphatic carbocycles. The maximum absolute atomic E-state index is 11.7. The van der Waals surface area contributed by atoms with E-state index in [-0.39, 0.29) is 17.4 Å². The van der Waals surface area contributed by atoms with E-state index in [1.165, 1.54) is 0 Å². The molecule has 1 amide bonds. The van der Waals surface area contributed by atoms with Gasteiger partial charge in [0.1, 0.15) is 0 Å². The monoisotopic (exact) mass is 235 g/mol. The lowest BCUT2D eigenvalue weighted by molar-refractivity contribution is 0.0948. The molecular weight excluding hydrogens is 214 g/mol. The molecule has 1 aromatic rings. The Morgan fingerprint density at radius 1 is 1.41 bits per heavy atom. The molecule has 1 unspecified atom stereocenters. The van der Waals surface area contributed by atoms with Crippen LogP contribution in [-0.4, -0.2) is 23.5 Å². The minimum Gasteiger partial charge on any atom is -0.350 e. The van der Waals surface area contributed by atoms with Gasteiger partial charge >= 0.3 is 0 Å². The Balaban J connectivity index is 2.39. The van der Waals surface area contributed by atoms with Crippen LogP contribution in [0.3, 0.4) is 0 Å². The van der Waals surface area contributed by atoms with Gasteiger partial charge in [-0.25, -0.2) is 0 Å². The van der Waals surface area contributed by atoms with Gasteiger partial charge in [-0.15, -0.1) is 0 Å². The summed E-state index contributed by atoms with van der Waals surface area (Å²) in [5, 5.41) is 2.83. The summed E-state index contributed by atoms with van der Waals surface area (Å²) in [5.41, 5.74) is 6.75. The third-order valence-corrected chi connectivity index (χ3v) is 2.34. The third-order valence-electron chi connectivity index (χ3n) is 2.34. The zero-order chi connectivity index (χ0) is 12.9. The number of carbonyl (C=O) groups excluding carboxylic acids is 1. The highest BCUT2D eigenvalue weighted by Crippen LogP contribution is 2.19. The van der Waals surface area contributed by atoms with Crippen LogP contribution in [0.1, 0.15) is 37.6 Å². The second kappa shape index (κ2) is 5.77. The second-order valence-electron chi connectivity index (χ2n) is 5.47. The summed E-state index contributed by atoms with van der Waals surface area (Å²) in [6.45, 7) is 6.91. The van der Waals surface area contributed by atoms with Crippen molar-refractivity contribution in [3.63, 3.8) is 0 Å². The summed E-state index contributed by atoms with van der Waals surface area (Å²) in [6.07, 6.45) is 4.08. The standard InChI is InChI=1S/C13H21N3O/c1-13(2,3)8-11(14)9-16-12(17)10-4-6-15-7-5-10/h4-7,11H,8-9,14H2,1-3H3,(H,16,17). The predicted molar refractivity (Wildman–Crippen MR) is 68.6 cm³/mol. The largest absolute Gasteiger partial charge is 0.350 e. The number of amides is 1. The van der Waals surface area contributed by atoms with Gasteiger partial charge in [-0.3, -0.25) is 9.78 Å². The Kier molecular flexibility index (Phi) is 4.63. The summed E-state index contributed by atoms with van der Waals surface area (Å²) in [4.78, 5) is 15.6. The van der Waals surface area contributed by atoms with E-state index in [1.54, 1.807) is 24.5 Å². The van der Waals surface area contributed by atoms with Gasteiger partial charge in [0.05, 0.1) is 0 Å². The Bertz CT molecular complexity index is 357. The molecule has 17 heavy (non-hydrogen) atoms. The van der Waals surface area contributed by atoms with Crippen molar-refractivity contribution in [3.05, 3.63) is 30.1 Å². The molecule has 1 atom stereocenters. The van der Waals surface area contributed by atoms with Gasteiger partial charge in [0.25, 0.3) is 5.91 Å². The van der Waals surface area contributed by atoms with Crippen molar-refractivity contribution >= 4 is 5.91 Å². The lowest BCUT2D eigenvalue weighted by atomic mass is 9.88. The Morgan fingerprint density at radius 2 is 2.00 bits per heavy atom. The van der Waals surface area contributed by atoms with Gasteiger partial charge in [-0.1, -0.05) is 20.8 Å². The van der Waals surface area contributed by atoms with Gasteiger partial charge in [-0.2, -0.15) is 0 Å². The number of hydrogen-bond acceptors (Lipinski definition) is 3. The van der Waals surface area contributed by atoms with E-state index in [4.69, 9.17) is 5.73 Å². The fourth-order valence-corrected chi connectivity index (χ4v) is 1.69. The number of nitrogens with two attached hydrogens (primary N) is 1. The van der Waals surface area contributed by atoms with Crippen LogP contribution in [0.15, 0.2) is 24.5 Å². The molecule has 1 aromatic heterocycles. The molecule has 3 N–H and O–H groups in total. The first-order valence-electron chi connectivity index (χ1n) is 5.82. The quantitative estimate of drug-likeness (QED) is 0.832. The Morgan fingerprint density at radius 3 is 2.53 bits per heavy atom. The van der Waals surface area contributed by atoms with Crippen LogP contribution in [0.5, 0.6) is 0 Å². The fourth-order valence-electron chi connectivity index (χ4n) is 1.69. The highest BCUT2D eigenvalue weighted by Gasteiger charge is 2.16. The second-order valence-corrected chi connectivity index (χ2v) is 5.47. The summed E-state index contributed by atoms with van der Waals surface area (Å²) in [7, 11) is 0. The van der Waals surface area contributed by atoms with Crippen molar-refractivity contribution in [1.29, 1.82) is 0 Å². The first kappa shape index (κ1) is 13.6. The third kappa shape index (κ3) is 5.45. The molecule has 1 heterocycles. The smallest absolute Gasteiger partial charge is 0.251 e. The first-order chi connectivity index (χ1) is 7.88. The minimum absolute atomic E-state index is 0.0132. The van der Waals surface area contributed by atoms with E-state index in [9.17, 15) is 4.79 Å². The molecule has 4 nitrogen and oxygen atoms in total. The van der Waals surface area contributed by atoms with Crippen LogP contribution in [0.4, 0.5) is 0 Å². The number of carbonyl (C=O) groups is 1. The van der Waals surface area contributed by atoms with Crippen molar-refractivity contribution in [1.82, 2.24) is 10.3 Å². The van der Waals surface area contributed by atoms with Crippen molar-refractivity contribution in [2.24, 2.45) is 11.1 Å². The molecule has 94 valence electrons. The van der Waals surface area contributed by atoms with Crippen molar-refractivity contribution in [2.75, 3.05) is 6.54 Å². The van der Waals surface area contributed by atoms with E-state index in [0.717, 1.165) is 6.42 Å². The Labute approximate surface area is 103 Å². The molecule has 4 heteroatoms. The number of rotatable bonds is 4. The molecule has 0 bridgehead atoms. The molecule has 0 saturated heterocycles. The molecule has 0 spiro atoms. The summed E-state index contributed by atoms with van der Waals surface area (Å²) in [5.74, 6) is -0.100. The first-order valence-corrected chi connectivity index (χ1v) is 5.82. The van der Waals surface area contributed by atoms with E-state index in [2.05, 4.69) is 31.1 Å². The van der Waals surface area contributed by atoms with E-state index in [1.807, 2.05) is 0 Å². The molecular formula is C13H21N3O. The molecule has 0 fully saturated rings. The lowest BCUT2D eigenvalue weighted by Gasteiger charge is -2.23. The minimum atomic E-state index is -0.100. The highest BCUT2D eigenvalue weighted by molar-refractivity contribution is 5.93. The van der Waals surface area contributed by atoms with Crippen LogP contribution in [0, 0.1) is 5.41 Å². The number of nitrogens with zero attached hydrogens (tertiary/aromatic N) is 1. The Hall–Kier alpha value is -1.42. The maximum Gasteiger partial charge on any atom is 0.251 e. The topological polar surface area (TPSA) is 68.0 Å². The van der Waals surface area contributed by atoms with E-state index < -0.39 is 0 Å². The molecule has 0 aromatic carbocycles. The van der Waals surface area contributed by atoms with Crippen LogP contribution < -0.4 is 11.1 Å². The fraction of sp³-hybridized carbons (Fsp3) is 0.538. The average molecular weight is 235 g/mol. The molecule has 0 aliphatic heterocycles. The normalized spacial score (nSPS) is 13.2. The molecule has 1 rings (SSSR count). The van der Waals surface area contributed by atoms with Crippen LogP contribution >= 0.6 is 0 Å².